The van der Waals surface area contributed by atoms with Gasteiger partial charge in [-0.15, -0.1) is 0 Å². The number of Topliss-reactive ketones (excluding diaryl/α,β-unsaturated/α-hetero) is 1. The van der Waals surface area contributed by atoms with Crippen LogP contribution in [0.1, 0.15) is 43.2 Å². The molecule has 0 saturated heterocycles. The molecule has 0 radical (unpaired) electrons. The van der Waals surface area contributed by atoms with E-state index in [-0.39, 0.29) is 11.7 Å². The van der Waals surface area contributed by atoms with E-state index >= 15 is 0 Å². The average Bonchev–Trinajstić information content (AvgIpc) is 2.85. The topological polar surface area (TPSA) is 55.8 Å². The molecule has 0 amide bonds. The van der Waals surface area contributed by atoms with Gasteiger partial charge in [0.2, 0.25) is 0 Å². The molecule has 4 nitrogen and oxygen atoms in total. The van der Waals surface area contributed by atoms with Crippen LogP contribution in [0.3, 0.4) is 0 Å². The van der Waals surface area contributed by atoms with Crippen LogP contribution in [0.4, 0.5) is 0 Å². The zero-order valence-electron chi connectivity index (χ0n) is 12.7. The lowest BCUT2D eigenvalue weighted by Crippen LogP contribution is -2.69. The van der Waals surface area contributed by atoms with Crippen LogP contribution in [0.25, 0.3) is 0 Å². The molecule has 1 aromatic rings. The molecule has 1 unspecified atom stereocenters. The van der Waals surface area contributed by atoms with Gasteiger partial charge < -0.3 is 14.6 Å². The Labute approximate surface area is 129 Å². The fourth-order valence-corrected chi connectivity index (χ4v) is 5.79. The molecule has 3 aliphatic carbocycles. The Kier molecular flexibility index (Phi) is 2.27. The Hall–Kier alpha value is -1.55. The van der Waals surface area contributed by atoms with Gasteiger partial charge in [-0.2, -0.15) is 0 Å². The fourth-order valence-electron chi connectivity index (χ4n) is 5.79. The second-order valence-electron chi connectivity index (χ2n) is 7.28. The molecule has 4 heteroatoms. The third kappa shape index (κ3) is 1.16. The summed E-state index contributed by atoms with van der Waals surface area (Å²) in [4.78, 5) is 12.6. The van der Waals surface area contributed by atoms with Gasteiger partial charge in [0.15, 0.2) is 23.4 Å². The molecular formula is C18H20O4. The standard InChI is InChI=1S/C18H20O4/c1-21-13-5-4-10-9-11-3-2-7-17-14(10)15(13)22-16(17)12(19)6-8-18(11,17)20/h4-5,11,16,20H,2-3,6-9H2,1H3/t11-,16?,17+,18-/m1/s1. The van der Waals surface area contributed by atoms with Gasteiger partial charge >= 0.3 is 0 Å². The van der Waals surface area contributed by atoms with Crippen LogP contribution in [-0.4, -0.2) is 29.7 Å². The van der Waals surface area contributed by atoms with E-state index in [4.69, 9.17) is 9.47 Å². The van der Waals surface area contributed by atoms with Gasteiger partial charge in [-0.1, -0.05) is 12.5 Å². The van der Waals surface area contributed by atoms with Crippen LogP contribution in [0.15, 0.2) is 12.1 Å². The van der Waals surface area contributed by atoms with Crippen molar-refractivity contribution in [3.05, 3.63) is 23.3 Å². The van der Waals surface area contributed by atoms with Crippen molar-refractivity contribution in [3.63, 3.8) is 0 Å². The van der Waals surface area contributed by atoms with Gasteiger partial charge in [0, 0.05) is 12.0 Å². The number of carbonyl (C=O) groups is 1. The van der Waals surface area contributed by atoms with Crippen LogP contribution < -0.4 is 9.47 Å². The third-order valence-electron chi connectivity index (χ3n) is 6.64. The molecule has 1 heterocycles. The van der Waals surface area contributed by atoms with Gasteiger partial charge in [-0.25, -0.2) is 0 Å². The second-order valence-corrected chi connectivity index (χ2v) is 7.28. The first-order chi connectivity index (χ1) is 10.6. The molecule has 1 aliphatic heterocycles. The lowest BCUT2D eigenvalue weighted by Gasteiger charge is -2.59. The highest BCUT2D eigenvalue weighted by Gasteiger charge is 2.71. The lowest BCUT2D eigenvalue weighted by molar-refractivity contribution is -0.177. The Morgan fingerprint density at radius 3 is 3.05 bits per heavy atom. The zero-order valence-corrected chi connectivity index (χ0v) is 12.7. The lowest BCUT2D eigenvalue weighted by atomic mass is 9.46. The largest absolute Gasteiger partial charge is 0.493 e. The molecule has 116 valence electrons. The Balaban J connectivity index is 1.87. The number of benzene rings is 1. The van der Waals surface area contributed by atoms with Crippen molar-refractivity contribution in [1.29, 1.82) is 0 Å². The predicted octanol–water partition coefficient (Wildman–Crippen LogP) is 2.14. The summed E-state index contributed by atoms with van der Waals surface area (Å²) in [5.41, 5.74) is 0.975. The zero-order chi connectivity index (χ0) is 15.1. The average molecular weight is 300 g/mol. The molecule has 0 aromatic heterocycles. The summed E-state index contributed by atoms with van der Waals surface area (Å²) in [7, 11) is 1.63. The second kappa shape index (κ2) is 3.85. The summed E-state index contributed by atoms with van der Waals surface area (Å²) in [5, 5.41) is 11.6. The normalized spacial score (nSPS) is 40.9. The maximum absolute atomic E-state index is 12.6. The molecule has 1 spiro atoms. The van der Waals surface area contributed by atoms with Crippen molar-refractivity contribution in [1.82, 2.24) is 0 Å². The molecule has 5 rings (SSSR count). The molecule has 2 fully saturated rings. The number of carbonyl (C=O) groups excluding carboxylic acids is 1. The van der Waals surface area contributed by atoms with Gasteiger partial charge in [0.05, 0.1) is 18.1 Å². The minimum absolute atomic E-state index is 0.136. The Bertz CT molecular complexity index is 697. The van der Waals surface area contributed by atoms with Crippen molar-refractivity contribution < 1.29 is 19.4 Å². The number of ketones is 1. The minimum Gasteiger partial charge on any atom is -0.493 e. The van der Waals surface area contributed by atoms with Crippen LogP contribution in [0.2, 0.25) is 0 Å². The monoisotopic (exact) mass is 300 g/mol. The van der Waals surface area contributed by atoms with E-state index in [1.165, 1.54) is 5.56 Å². The maximum Gasteiger partial charge on any atom is 0.174 e. The molecule has 2 saturated carbocycles. The van der Waals surface area contributed by atoms with E-state index < -0.39 is 17.1 Å². The van der Waals surface area contributed by atoms with E-state index in [9.17, 15) is 9.90 Å². The molecule has 4 aliphatic rings. The molecule has 2 bridgehead atoms. The summed E-state index contributed by atoms with van der Waals surface area (Å²) in [5.74, 6) is 1.77. The minimum atomic E-state index is -0.797. The number of hydrogen-bond acceptors (Lipinski definition) is 4. The van der Waals surface area contributed by atoms with Crippen molar-refractivity contribution in [2.45, 2.75) is 55.6 Å². The van der Waals surface area contributed by atoms with E-state index in [1.54, 1.807) is 7.11 Å². The van der Waals surface area contributed by atoms with Crippen LogP contribution >= 0.6 is 0 Å². The molecule has 4 atom stereocenters. The highest BCUT2D eigenvalue weighted by molar-refractivity contribution is 5.89. The first-order valence-corrected chi connectivity index (χ1v) is 8.24. The van der Waals surface area contributed by atoms with Gasteiger partial charge in [-0.05, 0) is 43.2 Å². The van der Waals surface area contributed by atoms with Crippen molar-refractivity contribution in [2.75, 3.05) is 7.11 Å². The van der Waals surface area contributed by atoms with Gasteiger partial charge in [-0.3, -0.25) is 4.79 Å². The number of hydrogen-bond donors (Lipinski definition) is 1. The van der Waals surface area contributed by atoms with Crippen LogP contribution in [0.5, 0.6) is 11.5 Å². The van der Waals surface area contributed by atoms with E-state index in [0.717, 1.165) is 31.2 Å². The van der Waals surface area contributed by atoms with Crippen LogP contribution in [0, 0.1) is 5.92 Å². The molecule has 22 heavy (non-hydrogen) atoms. The SMILES string of the molecule is COc1ccc2c3c1OC1C(=O)CC[C@@]4(O)[C@H](CCC[C@]314)C2. The number of aliphatic hydroxyl groups is 1. The summed E-state index contributed by atoms with van der Waals surface area (Å²) in [6, 6.07) is 4.04. The predicted molar refractivity (Wildman–Crippen MR) is 79.3 cm³/mol. The maximum atomic E-state index is 12.6. The number of rotatable bonds is 1. The van der Waals surface area contributed by atoms with E-state index in [2.05, 4.69) is 6.07 Å². The first-order valence-electron chi connectivity index (χ1n) is 8.24. The molecule has 1 N–H and O–H groups in total. The van der Waals surface area contributed by atoms with Crippen molar-refractivity contribution >= 4 is 5.78 Å². The quantitative estimate of drug-likeness (QED) is 0.863. The highest BCUT2D eigenvalue weighted by atomic mass is 16.5. The Morgan fingerprint density at radius 1 is 1.36 bits per heavy atom. The number of ether oxygens (including phenoxy) is 2. The van der Waals surface area contributed by atoms with Gasteiger partial charge in [0.25, 0.3) is 0 Å². The van der Waals surface area contributed by atoms with Crippen molar-refractivity contribution in [3.8, 4) is 11.5 Å². The van der Waals surface area contributed by atoms with Crippen molar-refractivity contribution in [2.24, 2.45) is 5.92 Å². The van der Waals surface area contributed by atoms with E-state index in [1.807, 2.05) is 6.07 Å². The molecular weight excluding hydrogens is 280 g/mol. The summed E-state index contributed by atoms with van der Waals surface area (Å²) < 4.78 is 11.6. The number of methoxy groups -OCH3 is 1. The summed E-state index contributed by atoms with van der Waals surface area (Å²) in [6.45, 7) is 0. The third-order valence-corrected chi connectivity index (χ3v) is 6.64. The van der Waals surface area contributed by atoms with Crippen LogP contribution in [-0.2, 0) is 16.6 Å². The summed E-state index contributed by atoms with van der Waals surface area (Å²) >= 11 is 0. The van der Waals surface area contributed by atoms with Gasteiger partial charge in [0.1, 0.15) is 0 Å². The fraction of sp³-hybridized carbons (Fsp3) is 0.611. The highest BCUT2D eigenvalue weighted by Crippen LogP contribution is 2.66. The first kappa shape index (κ1) is 12.9. The summed E-state index contributed by atoms with van der Waals surface area (Å²) in [6.07, 6.45) is 4.28. The van der Waals surface area contributed by atoms with E-state index in [0.29, 0.717) is 24.3 Å². The molecule has 1 aromatic carbocycles. The Morgan fingerprint density at radius 2 is 2.23 bits per heavy atom. The smallest absolute Gasteiger partial charge is 0.174 e.